The van der Waals surface area contributed by atoms with E-state index in [1.54, 1.807) is 0 Å². The van der Waals surface area contributed by atoms with Gasteiger partial charge in [0.1, 0.15) is 0 Å². The summed E-state index contributed by atoms with van der Waals surface area (Å²) in [4.78, 5) is 1.85. The van der Waals surface area contributed by atoms with Crippen molar-refractivity contribution in [3.8, 4) is 0 Å². The Kier molecular flexibility index (Phi) is 5.72. The third kappa shape index (κ3) is 4.56. The first kappa shape index (κ1) is 12.2. The van der Waals surface area contributed by atoms with E-state index in [0.29, 0.717) is 0 Å². The maximum absolute atomic E-state index is 4.12. The Morgan fingerprint density at radius 3 is 1.86 bits per heavy atom. The minimum absolute atomic E-state index is 0.927. The summed E-state index contributed by atoms with van der Waals surface area (Å²) in [5, 5.41) is 0. The molecular formula is C11H11S2Ti. The topological polar surface area (TPSA) is 0 Å². The van der Waals surface area contributed by atoms with Crippen LogP contribution in [0.5, 0.6) is 0 Å². The Bertz CT molecular complexity index is 335. The van der Waals surface area contributed by atoms with E-state index in [-0.39, 0.29) is 0 Å². The molecule has 1 aliphatic carbocycles. The van der Waals surface area contributed by atoms with Crippen LogP contribution in [0.2, 0.25) is 0 Å². The number of hydrogen-bond donors (Lipinski definition) is 2. The van der Waals surface area contributed by atoms with Gasteiger partial charge >= 0.3 is 49.0 Å². The molecule has 0 unspecified atom stereocenters. The molecule has 2 rings (SSSR count). The summed E-state index contributed by atoms with van der Waals surface area (Å²) in [6.45, 7) is 0. The second-order valence-corrected chi connectivity index (χ2v) is 4.78. The van der Waals surface area contributed by atoms with E-state index in [2.05, 4.69) is 63.9 Å². The molecule has 0 nitrogen and oxygen atoms in total. The zero-order valence-corrected chi connectivity index (χ0v) is 11.0. The average Bonchev–Trinajstić information content (AvgIpc) is 2.63. The monoisotopic (exact) mass is 255 g/mol. The summed E-state index contributed by atoms with van der Waals surface area (Å²) in [6.07, 6.45) is 7.56. The SMILES string of the molecule is Sc1ccccc1S.[Ti][C]1=CC=CC1. The fourth-order valence-electron chi connectivity index (χ4n) is 0.911. The van der Waals surface area contributed by atoms with Crippen LogP contribution in [0.3, 0.4) is 0 Å². The fraction of sp³-hybridized carbons (Fsp3) is 0.0909. The Balaban J connectivity index is 0.000000146. The standard InChI is InChI=1S/C6H6S2.C5H5.Ti/c7-5-3-1-2-4-6(5)8;1-2-4-5-3-1;/h1-4,7-8H;1-3H,4H2;. The molecule has 0 bridgehead atoms. The van der Waals surface area contributed by atoms with Crippen molar-refractivity contribution in [3.63, 3.8) is 0 Å². The zero-order valence-electron chi connectivity index (χ0n) is 7.64. The molecule has 1 aromatic carbocycles. The van der Waals surface area contributed by atoms with Crippen LogP contribution in [-0.2, 0) is 20.4 Å². The quantitative estimate of drug-likeness (QED) is 0.513. The summed E-state index contributed by atoms with van der Waals surface area (Å²) in [5.41, 5.74) is 0. The second-order valence-electron chi connectivity index (χ2n) is 2.81. The number of benzene rings is 1. The molecule has 71 valence electrons. The van der Waals surface area contributed by atoms with Crippen molar-refractivity contribution < 1.29 is 20.4 Å². The van der Waals surface area contributed by atoms with Crippen LogP contribution < -0.4 is 0 Å². The van der Waals surface area contributed by atoms with Crippen molar-refractivity contribution in [2.24, 2.45) is 0 Å². The molecular weight excluding hydrogens is 244 g/mol. The Morgan fingerprint density at radius 1 is 1.07 bits per heavy atom. The molecule has 0 aliphatic heterocycles. The van der Waals surface area contributed by atoms with Crippen molar-refractivity contribution in [1.82, 2.24) is 0 Å². The predicted molar refractivity (Wildman–Crippen MR) is 62.8 cm³/mol. The van der Waals surface area contributed by atoms with Crippen LogP contribution in [0.25, 0.3) is 0 Å². The summed E-state index contributed by atoms with van der Waals surface area (Å²) in [6, 6.07) is 7.68. The molecule has 0 amide bonds. The van der Waals surface area contributed by atoms with Gasteiger partial charge < -0.3 is 0 Å². The zero-order chi connectivity index (χ0) is 10.4. The fourth-order valence-corrected chi connectivity index (χ4v) is 1.57. The van der Waals surface area contributed by atoms with Crippen LogP contribution in [-0.4, -0.2) is 0 Å². The second kappa shape index (κ2) is 6.57. The third-order valence-electron chi connectivity index (χ3n) is 1.65. The summed E-state index contributed by atoms with van der Waals surface area (Å²) < 4.78 is 1.47. The summed E-state index contributed by atoms with van der Waals surface area (Å²) >= 11 is 10.4. The number of thiol groups is 2. The van der Waals surface area contributed by atoms with Crippen molar-refractivity contribution in [2.75, 3.05) is 0 Å². The van der Waals surface area contributed by atoms with Gasteiger partial charge in [-0.15, -0.1) is 25.3 Å². The van der Waals surface area contributed by atoms with E-state index in [4.69, 9.17) is 0 Å². The van der Waals surface area contributed by atoms with Gasteiger partial charge in [-0.05, 0) is 12.1 Å². The van der Waals surface area contributed by atoms with Gasteiger partial charge in [-0.25, -0.2) is 0 Å². The van der Waals surface area contributed by atoms with Gasteiger partial charge in [0.15, 0.2) is 0 Å². The molecule has 0 radical (unpaired) electrons. The summed E-state index contributed by atoms with van der Waals surface area (Å²) in [7, 11) is 0. The van der Waals surface area contributed by atoms with Crippen LogP contribution in [0, 0.1) is 0 Å². The first-order chi connectivity index (χ1) is 6.70. The predicted octanol–water partition coefficient (Wildman–Crippen LogP) is 3.64. The molecule has 0 aromatic heterocycles. The van der Waals surface area contributed by atoms with E-state index in [0.717, 1.165) is 9.79 Å². The van der Waals surface area contributed by atoms with E-state index in [1.807, 2.05) is 24.3 Å². The molecule has 14 heavy (non-hydrogen) atoms. The Labute approximate surface area is 108 Å². The maximum atomic E-state index is 4.12. The van der Waals surface area contributed by atoms with Crippen molar-refractivity contribution in [1.29, 1.82) is 0 Å². The van der Waals surface area contributed by atoms with Crippen molar-refractivity contribution in [2.45, 2.75) is 16.2 Å². The van der Waals surface area contributed by atoms with E-state index < -0.39 is 0 Å². The van der Waals surface area contributed by atoms with Gasteiger partial charge in [-0.1, -0.05) is 12.1 Å². The van der Waals surface area contributed by atoms with E-state index in [9.17, 15) is 0 Å². The van der Waals surface area contributed by atoms with Crippen LogP contribution in [0.15, 0.2) is 56.2 Å². The molecule has 0 saturated carbocycles. The first-order valence-corrected chi connectivity index (χ1v) is 5.92. The van der Waals surface area contributed by atoms with Gasteiger partial charge in [-0.3, -0.25) is 0 Å². The number of rotatable bonds is 0. The van der Waals surface area contributed by atoms with Gasteiger partial charge in [0.2, 0.25) is 0 Å². The molecule has 0 saturated heterocycles. The molecule has 0 N–H and O–H groups in total. The molecule has 1 aliphatic rings. The molecule has 3 heteroatoms. The molecule has 0 heterocycles. The van der Waals surface area contributed by atoms with Crippen molar-refractivity contribution in [3.05, 3.63) is 46.4 Å². The normalized spacial score (nSPS) is 13.1. The number of allylic oxidation sites excluding steroid dienone is 4. The third-order valence-corrected chi connectivity index (χ3v) is 3.19. The Hall–Kier alpha value is 0.114. The van der Waals surface area contributed by atoms with Crippen LogP contribution >= 0.6 is 25.3 Å². The average molecular weight is 255 g/mol. The van der Waals surface area contributed by atoms with Crippen LogP contribution in [0.1, 0.15) is 6.42 Å². The summed E-state index contributed by atoms with van der Waals surface area (Å²) in [5.74, 6) is 0. The minimum atomic E-state index is 0.927. The van der Waals surface area contributed by atoms with Gasteiger partial charge in [-0.2, -0.15) is 0 Å². The number of hydrogen-bond acceptors (Lipinski definition) is 2. The molecule has 0 atom stereocenters. The first-order valence-electron chi connectivity index (χ1n) is 4.24. The molecule has 1 aromatic rings. The van der Waals surface area contributed by atoms with Crippen molar-refractivity contribution >= 4 is 25.3 Å². The van der Waals surface area contributed by atoms with E-state index in [1.165, 1.54) is 10.3 Å². The van der Waals surface area contributed by atoms with Crippen LogP contribution in [0.4, 0.5) is 0 Å². The van der Waals surface area contributed by atoms with Gasteiger partial charge in [0.25, 0.3) is 0 Å². The van der Waals surface area contributed by atoms with E-state index >= 15 is 0 Å². The molecule has 0 spiro atoms. The van der Waals surface area contributed by atoms with Gasteiger partial charge in [0, 0.05) is 9.79 Å². The molecule has 0 fully saturated rings. The Morgan fingerprint density at radius 2 is 1.64 bits per heavy atom. The van der Waals surface area contributed by atoms with Gasteiger partial charge in [0.05, 0.1) is 0 Å².